The highest BCUT2D eigenvalue weighted by Gasteiger charge is 2.16. The van der Waals surface area contributed by atoms with E-state index in [0.29, 0.717) is 22.9 Å². The number of rotatable bonds is 3. The molecule has 0 fully saturated rings. The van der Waals surface area contributed by atoms with Crippen molar-refractivity contribution in [3.05, 3.63) is 52.8 Å². The van der Waals surface area contributed by atoms with Crippen molar-refractivity contribution in [2.24, 2.45) is 7.05 Å². The number of halogens is 1. The minimum absolute atomic E-state index is 0.0841. The molecular weight excluding hydrogens is 262 g/mol. The normalized spacial score (nSPS) is 10.5. The lowest BCUT2D eigenvalue weighted by molar-refractivity contribution is 0.0776. The van der Waals surface area contributed by atoms with E-state index in [1.54, 1.807) is 35.8 Å². The van der Waals surface area contributed by atoms with Crippen LogP contribution in [0.2, 0.25) is 5.02 Å². The van der Waals surface area contributed by atoms with Crippen molar-refractivity contribution in [1.29, 1.82) is 0 Å². The Hall–Kier alpha value is -1.94. The molecule has 1 amide bonds. The Kier molecular flexibility index (Phi) is 3.81. The number of hydrogen-bond acceptors (Lipinski definition) is 2. The quantitative estimate of drug-likeness (QED) is 0.937. The van der Waals surface area contributed by atoms with Crippen molar-refractivity contribution in [3.63, 3.8) is 0 Å². The van der Waals surface area contributed by atoms with Crippen LogP contribution in [0, 0.1) is 0 Å². The largest absolute Gasteiger partial charge is 0.397 e. The minimum atomic E-state index is -0.0841. The number of nitrogens with two attached hydrogens (primary N) is 1. The molecule has 0 unspecified atom stereocenters. The minimum Gasteiger partial charge on any atom is -0.397 e. The van der Waals surface area contributed by atoms with Gasteiger partial charge >= 0.3 is 0 Å². The van der Waals surface area contributed by atoms with Gasteiger partial charge in [-0.25, -0.2) is 0 Å². The molecule has 1 aromatic carbocycles. The van der Waals surface area contributed by atoms with Crippen LogP contribution in [0.5, 0.6) is 0 Å². The maximum atomic E-state index is 12.3. The van der Waals surface area contributed by atoms with Crippen LogP contribution in [0.25, 0.3) is 0 Å². The zero-order valence-electron chi connectivity index (χ0n) is 10.9. The van der Waals surface area contributed by atoms with Crippen LogP contribution >= 0.6 is 11.6 Å². The van der Waals surface area contributed by atoms with E-state index in [-0.39, 0.29) is 5.91 Å². The molecule has 100 valence electrons. The van der Waals surface area contributed by atoms with Crippen molar-refractivity contribution < 1.29 is 4.79 Å². The lowest BCUT2D eigenvalue weighted by atomic mass is 10.2. The van der Waals surface area contributed by atoms with Gasteiger partial charge in [-0.3, -0.25) is 4.79 Å². The summed E-state index contributed by atoms with van der Waals surface area (Å²) in [5.41, 5.74) is 7.74. The third kappa shape index (κ3) is 2.90. The Morgan fingerprint density at radius 2 is 2.11 bits per heavy atom. The highest BCUT2D eigenvalue weighted by molar-refractivity contribution is 6.31. The van der Waals surface area contributed by atoms with Gasteiger partial charge in [0.25, 0.3) is 5.91 Å². The van der Waals surface area contributed by atoms with Gasteiger partial charge in [0.2, 0.25) is 0 Å². The summed E-state index contributed by atoms with van der Waals surface area (Å²) in [7, 11) is 3.54. The molecule has 0 saturated heterocycles. The number of carbonyl (C=O) groups is 1. The number of hydrogen-bond donors (Lipinski definition) is 1. The third-order valence-corrected chi connectivity index (χ3v) is 3.33. The number of nitrogens with zero attached hydrogens (tertiary/aromatic N) is 2. The van der Waals surface area contributed by atoms with Gasteiger partial charge in [0.05, 0.1) is 5.69 Å². The number of benzene rings is 1. The smallest absolute Gasteiger partial charge is 0.270 e. The first kappa shape index (κ1) is 13.5. The van der Waals surface area contributed by atoms with Crippen LogP contribution in [0.3, 0.4) is 0 Å². The summed E-state index contributed by atoms with van der Waals surface area (Å²) in [6.07, 6.45) is 1.72. The molecule has 0 saturated carbocycles. The molecular formula is C14H16ClN3O. The Bertz CT molecular complexity index is 606. The summed E-state index contributed by atoms with van der Waals surface area (Å²) in [6, 6.07) is 9.16. The summed E-state index contributed by atoms with van der Waals surface area (Å²) < 4.78 is 1.72. The van der Waals surface area contributed by atoms with Crippen molar-refractivity contribution in [2.45, 2.75) is 6.54 Å². The van der Waals surface area contributed by atoms with E-state index in [1.165, 1.54) is 0 Å². The predicted molar refractivity (Wildman–Crippen MR) is 77.1 cm³/mol. The fourth-order valence-corrected chi connectivity index (χ4v) is 2.15. The molecule has 1 heterocycles. The summed E-state index contributed by atoms with van der Waals surface area (Å²) in [4.78, 5) is 13.9. The first-order chi connectivity index (χ1) is 8.99. The Morgan fingerprint density at radius 3 is 2.68 bits per heavy atom. The molecule has 2 N–H and O–H groups in total. The fourth-order valence-electron chi connectivity index (χ4n) is 1.95. The van der Waals surface area contributed by atoms with Crippen molar-refractivity contribution in [1.82, 2.24) is 9.47 Å². The standard InChI is InChI=1S/C14H16ClN3O/c1-17-9-11(16)7-13(17)14(19)18(2)8-10-5-3-4-6-12(10)15/h3-7,9H,8,16H2,1-2H3. The third-order valence-electron chi connectivity index (χ3n) is 2.96. The summed E-state index contributed by atoms with van der Waals surface area (Å²) >= 11 is 6.09. The maximum absolute atomic E-state index is 12.3. The molecule has 0 aliphatic carbocycles. The van der Waals surface area contributed by atoms with E-state index in [1.807, 2.05) is 24.3 Å². The van der Waals surface area contributed by atoms with E-state index in [9.17, 15) is 4.79 Å². The molecule has 0 bridgehead atoms. The molecule has 0 radical (unpaired) electrons. The molecule has 0 spiro atoms. The maximum Gasteiger partial charge on any atom is 0.270 e. The van der Waals surface area contributed by atoms with Gasteiger partial charge in [0.15, 0.2) is 0 Å². The van der Waals surface area contributed by atoms with Gasteiger partial charge in [0.1, 0.15) is 5.69 Å². The predicted octanol–water partition coefficient (Wildman–Crippen LogP) is 2.53. The second kappa shape index (κ2) is 5.36. The first-order valence-electron chi connectivity index (χ1n) is 5.89. The highest BCUT2D eigenvalue weighted by atomic mass is 35.5. The molecule has 1 aromatic heterocycles. The van der Waals surface area contributed by atoms with E-state index in [0.717, 1.165) is 5.56 Å². The van der Waals surface area contributed by atoms with E-state index in [4.69, 9.17) is 17.3 Å². The van der Waals surface area contributed by atoms with Gasteiger partial charge in [0, 0.05) is 31.9 Å². The lowest BCUT2D eigenvalue weighted by Gasteiger charge is -2.18. The molecule has 5 heteroatoms. The van der Waals surface area contributed by atoms with Crippen molar-refractivity contribution >= 4 is 23.2 Å². The monoisotopic (exact) mass is 277 g/mol. The number of carbonyl (C=O) groups excluding carboxylic acids is 1. The van der Waals surface area contributed by atoms with Crippen LogP contribution in [0.1, 0.15) is 16.1 Å². The van der Waals surface area contributed by atoms with E-state index < -0.39 is 0 Å². The number of anilines is 1. The lowest BCUT2D eigenvalue weighted by Crippen LogP contribution is -2.27. The second-order valence-electron chi connectivity index (χ2n) is 4.52. The van der Waals surface area contributed by atoms with Gasteiger partial charge in [-0.05, 0) is 17.7 Å². The van der Waals surface area contributed by atoms with Crippen LogP contribution in [0.15, 0.2) is 36.5 Å². The molecule has 0 aliphatic heterocycles. The van der Waals surface area contributed by atoms with E-state index in [2.05, 4.69) is 0 Å². The topological polar surface area (TPSA) is 51.3 Å². The number of nitrogen functional groups attached to an aromatic ring is 1. The van der Waals surface area contributed by atoms with Crippen molar-refractivity contribution in [3.8, 4) is 0 Å². The summed E-state index contributed by atoms with van der Waals surface area (Å²) in [5.74, 6) is -0.0841. The van der Waals surface area contributed by atoms with Crippen LogP contribution in [-0.4, -0.2) is 22.4 Å². The Labute approximate surface area is 117 Å². The fraction of sp³-hybridized carbons (Fsp3) is 0.214. The average Bonchev–Trinajstić information content (AvgIpc) is 2.70. The van der Waals surface area contributed by atoms with Crippen molar-refractivity contribution in [2.75, 3.05) is 12.8 Å². The zero-order valence-corrected chi connectivity index (χ0v) is 11.7. The number of aryl methyl sites for hydroxylation is 1. The van der Waals surface area contributed by atoms with Crippen LogP contribution < -0.4 is 5.73 Å². The second-order valence-corrected chi connectivity index (χ2v) is 4.93. The average molecular weight is 278 g/mol. The SMILES string of the molecule is CN(Cc1ccccc1Cl)C(=O)c1cc(N)cn1C. The van der Waals surface area contributed by atoms with Gasteiger partial charge in [-0.15, -0.1) is 0 Å². The summed E-state index contributed by atoms with van der Waals surface area (Å²) in [6.45, 7) is 0.462. The van der Waals surface area contributed by atoms with Crippen LogP contribution in [0.4, 0.5) is 5.69 Å². The zero-order chi connectivity index (χ0) is 14.0. The number of amides is 1. The van der Waals surface area contributed by atoms with E-state index >= 15 is 0 Å². The summed E-state index contributed by atoms with van der Waals surface area (Å²) in [5, 5.41) is 0.661. The molecule has 0 aliphatic rings. The Balaban J connectivity index is 2.16. The van der Waals surface area contributed by atoms with Gasteiger partial charge in [-0.1, -0.05) is 29.8 Å². The van der Waals surface area contributed by atoms with Crippen LogP contribution in [-0.2, 0) is 13.6 Å². The van der Waals surface area contributed by atoms with Gasteiger partial charge in [-0.2, -0.15) is 0 Å². The number of aromatic nitrogens is 1. The molecule has 4 nitrogen and oxygen atoms in total. The highest BCUT2D eigenvalue weighted by Crippen LogP contribution is 2.18. The van der Waals surface area contributed by atoms with Gasteiger partial charge < -0.3 is 15.2 Å². The molecule has 19 heavy (non-hydrogen) atoms. The molecule has 0 atom stereocenters. The first-order valence-corrected chi connectivity index (χ1v) is 6.27. The Morgan fingerprint density at radius 1 is 1.42 bits per heavy atom. The molecule has 2 rings (SSSR count). The molecule has 2 aromatic rings.